The molecule has 110 valence electrons. The zero-order valence-corrected chi connectivity index (χ0v) is 13.3. The van der Waals surface area contributed by atoms with Crippen LogP contribution in [0.5, 0.6) is 0 Å². The lowest BCUT2D eigenvalue weighted by Gasteiger charge is -2.27. The molecule has 1 atom stereocenters. The van der Waals surface area contributed by atoms with Gasteiger partial charge in [-0.05, 0) is 51.7 Å². The van der Waals surface area contributed by atoms with Gasteiger partial charge in [0.15, 0.2) is 0 Å². The maximum atomic E-state index is 11.7. The Bertz CT molecular complexity index is 499. The van der Waals surface area contributed by atoms with Crippen molar-refractivity contribution >= 4 is 17.7 Å². The summed E-state index contributed by atoms with van der Waals surface area (Å²) >= 11 is 1.80. The Balaban J connectivity index is 1.90. The van der Waals surface area contributed by atoms with Gasteiger partial charge in [0.1, 0.15) is 0 Å². The molecule has 1 aliphatic carbocycles. The van der Waals surface area contributed by atoms with Crippen LogP contribution in [0.3, 0.4) is 0 Å². The highest BCUT2D eigenvalue weighted by Crippen LogP contribution is 2.28. The fraction of sp³-hybridized carbons (Fsp3) is 0.562. The molecule has 1 aromatic rings. The van der Waals surface area contributed by atoms with E-state index in [-0.39, 0.29) is 5.91 Å². The highest BCUT2D eigenvalue weighted by atomic mass is 32.2. The fourth-order valence-corrected chi connectivity index (χ4v) is 3.45. The molecule has 2 rings (SSSR count). The van der Waals surface area contributed by atoms with Gasteiger partial charge in [0.25, 0.3) is 0 Å². The first kappa shape index (κ1) is 15.4. The van der Waals surface area contributed by atoms with Crippen molar-refractivity contribution in [1.82, 2.24) is 5.32 Å². The first-order chi connectivity index (χ1) is 9.40. The van der Waals surface area contributed by atoms with E-state index < -0.39 is 5.54 Å². The smallest absolute Gasteiger partial charge is 0.237 e. The number of amides is 1. The predicted molar refractivity (Wildman–Crippen MR) is 85.0 cm³/mol. The SMILES string of the molecule is Cc1ccc(SCCC(C)(NC2CC2)C(N)=O)c(C)c1. The molecule has 1 amide bonds. The summed E-state index contributed by atoms with van der Waals surface area (Å²) in [5.74, 6) is 0.647. The monoisotopic (exact) mass is 292 g/mol. The maximum Gasteiger partial charge on any atom is 0.237 e. The normalized spacial score (nSPS) is 17.8. The van der Waals surface area contributed by atoms with E-state index in [1.165, 1.54) is 16.0 Å². The van der Waals surface area contributed by atoms with Crippen LogP contribution in [0.1, 0.15) is 37.3 Å². The molecule has 1 saturated carbocycles. The second kappa shape index (κ2) is 6.19. The van der Waals surface area contributed by atoms with Crippen molar-refractivity contribution in [2.45, 2.75) is 56.5 Å². The number of hydrogen-bond acceptors (Lipinski definition) is 3. The Labute approximate surface area is 125 Å². The summed E-state index contributed by atoms with van der Waals surface area (Å²) in [6.45, 7) is 6.16. The Morgan fingerprint density at radius 1 is 1.45 bits per heavy atom. The standard InChI is InChI=1S/C16H24N2OS/c1-11-4-7-14(12(2)10-11)20-9-8-16(3,15(17)19)18-13-5-6-13/h4,7,10,13,18H,5-6,8-9H2,1-3H3,(H2,17,19). The largest absolute Gasteiger partial charge is 0.368 e. The van der Waals surface area contributed by atoms with Gasteiger partial charge in [-0.3, -0.25) is 4.79 Å². The zero-order valence-electron chi connectivity index (χ0n) is 12.5. The number of thioether (sulfide) groups is 1. The van der Waals surface area contributed by atoms with Crippen LogP contribution in [0.2, 0.25) is 0 Å². The minimum Gasteiger partial charge on any atom is -0.368 e. The van der Waals surface area contributed by atoms with E-state index in [0.29, 0.717) is 6.04 Å². The fourth-order valence-electron chi connectivity index (χ4n) is 2.27. The molecule has 1 aromatic carbocycles. The first-order valence-electron chi connectivity index (χ1n) is 7.18. The number of rotatable bonds is 7. The number of carbonyl (C=O) groups is 1. The highest BCUT2D eigenvalue weighted by molar-refractivity contribution is 7.99. The van der Waals surface area contributed by atoms with E-state index in [4.69, 9.17) is 5.73 Å². The number of nitrogens with one attached hydrogen (secondary N) is 1. The van der Waals surface area contributed by atoms with Crippen molar-refractivity contribution in [3.8, 4) is 0 Å². The molecule has 1 aliphatic rings. The molecule has 0 bridgehead atoms. The van der Waals surface area contributed by atoms with Crippen molar-refractivity contribution < 1.29 is 4.79 Å². The van der Waals surface area contributed by atoms with Crippen LogP contribution >= 0.6 is 11.8 Å². The number of aryl methyl sites for hydroxylation is 2. The van der Waals surface area contributed by atoms with Gasteiger partial charge in [-0.25, -0.2) is 0 Å². The highest BCUT2D eigenvalue weighted by Gasteiger charge is 2.36. The summed E-state index contributed by atoms with van der Waals surface area (Å²) in [6, 6.07) is 6.97. The van der Waals surface area contributed by atoms with Gasteiger partial charge in [-0.15, -0.1) is 11.8 Å². The second-order valence-electron chi connectivity index (χ2n) is 5.98. The van der Waals surface area contributed by atoms with Crippen LogP contribution in [0.4, 0.5) is 0 Å². The van der Waals surface area contributed by atoms with E-state index in [1.807, 2.05) is 6.92 Å². The molecular weight excluding hydrogens is 268 g/mol. The minimum atomic E-state index is -0.577. The van der Waals surface area contributed by atoms with Crippen molar-refractivity contribution in [2.75, 3.05) is 5.75 Å². The number of primary amides is 1. The van der Waals surface area contributed by atoms with Gasteiger partial charge < -0.3 is 11.1 Å². The van der Waals surface area contributed by atoms with Gasteiger partial charge >= 0.3 is 0 Å². The predicted octanol–water partition coefficient (Wildman–Crippen LogP) is 2.78. The molecule has 3 nitrogen and oxygen atoms in total. The van der Waals surface area contributed by atoms with Crippen molar-refractivity contribution in [3.05, 3.63) is 29.3 Å². The molecule has 0 aliphatic heterocycles. The summed E-state index contributed by atoms with van der Waals surface area (Å²) in [5.41, 5.74) is 7.57. The van der Waals surface area contributed by atoms with Gasteiger partial charge in [0.2, 0.25) is 5.91 Å². The molecular formula is C16H24N2OS. The van der Waals surface area contributed by atoms with Gasteiger partial charge in [-0.1, -0.05) is 17.7 Å². The first-order valence-corrected chi connectivity index (χ1v) is 8.17. The molecule has 4 heteroatoms. The molecule has 0 spiro atoms. The average molecular weight is 292 g/mol. The molecule has 3 N–H and O–H groups in total. The molecule has 0 saturated heterocycles. The van der Waals surface area contributed by atoms with Gasteiger partial charge in [0.05, 0.1) is 5.54 Å². The quantitative estimate of drug-likeness (QED) is 0.760. The molecule has 20 heavy (non-hydrogen) atoms. The summed E-state index contributed by atoms with van der Waals surface area (Å²) in [5, 5.41) is 3.39. The van der Waals surface area contributed by atoms with Gasteiger partial charge in [0, 0.05) is 16.7 Å². The van der Waals surface area contributed by atoms with Crippen LogP contribution in [-0.2, 0) is 4.79 Å². The zero-order chi connectivity index (χ0) is 14.8. The van der Waals surface area contributed by atoms with Crippen LogP contribution < -0.4 is 11.1 Å². The van der Waals surface area contributed by atoms with Crippen LogP contribution in [0, 0.1) is 13.8 Å². The van der Waals surface area contributed by atoms with E-state index in [9.17, 15) is 4.79 Å². The summed E-state index contributed by atoms with van der Waals surface area (Å²) in [6.07, 6.45) is 3.08. The summed E-state index contributed by atoms with van der Waals surface area (Å²) in [7, 11) is 0. The lowest BCUT2D eigenvalue weighted by atomic mass is 9.98. The molecule has 0 radical (unpaired) electrons. The van der Waals surface area contributed by atoms with Crippen molar-refractivity contribution in [2.24, 2.45) is 5.73 Å². The minimum absolute atomic E-state index is 0.245. The Morgan fingerprint density at radius 2 is 2.15 bits per heavy atom. The molecule has 1 unspecified atom stereocenters. The third-order valence-corrected chi connectivity index (χ3v) is 5.01. The van der Waals surface area contributed by atoms with Crippen LogP contribution in [-0.4, -0.2) is 23.2 Å². The Morgan fingerprint density at radius 3 is 2.70 bits per heavy atom. The van der Waals surface area contributed by atoms with E-state index in [2.05, 4.69) is 37.4 Å². The molecule has 0 heterocycles. The second-order valence-corrected chi connectivity index (χ2v) is 7.12. The number of benzene rings is 1. The number of nitrogens with two attached hydrogens (primary N) is 1. The van der Waals surface area contributed by atoms with Crippen LogP contribution in [0.25, 0.3) is 0 Å². The Kier molecular flexibility index (Phi) is 4.76. The van der Waals surface area contributed by atoms with E-state index >= 15 is 0 Å². The third-order valence-electron chi connectivity index (χ3n) is 3.83. The lowest BCUT2D eigenvalue weighted by molar-refractivity contribution is -0.124. The number of carbonyl (C=O) groups excluding carboxylic acids is 1. The van der Waals surface area contributed by atoms with Crippen molar-refractivity contribution in [1.29, 1.82) is 0 Å². The lowest BCUT2D eigenvalue weighted by Crippen LogP contribution is -2.54. The van der Waals surface area contributed by atoms with E-state index in [1.54, 1.807) is 11.8 Å². The third kappa shape index (κ3) is 4.00. The summed E-state index contributed by atoms with van der Waals surface area (Å²) < 4.78 is 0. The number of hydrogen-bond donors (Lipinski definition) is 2. The van der Waals surface area contributed by atoms with E-state index in [0.717, 1.165) is 25.0 Å². The van der Waals surface area contributed by atoms with Crippen molar-refractivity contribution in [3.63, 3.8) is 0 Å². The maximum absolute atomic E-state index is 11.7. The Hall–Kier alpha value is -1.00. The van der Waals surface area contributed by atoms with Gasteiger partial charge in [-0.2, -0.15) is 0 Å². The molecule has 0 aromatic heterocycles. The average Bonchev–Trinajstić information content (AvgIpc) is 3.15. The van der Waals surface area contributed by atoms with Crippen LogP contribution in [0.15, 0.2) is 23.1 Å². The molecule has 1 fully saturated rings. The topological polar surface area (TPSA) is 55.1 Å². The summed E-state index contributed by atoms with van der Waals surface area (Å²) in [4.78, 5) is 13.0.